The highest BCUT2D eigenvalue weighted by molar-refractivity contribution is 5.95. The first-order valence-electron chi connectivity index (χ1n) is 9.91. The number of allylic oxidation sites excluding steroid dienone is 2. The van der Waals surface area contributed by atoms with Crippen LogP contribution in [0.15, 0.2) is 36.5 Å². The van der Waals surface area contributed by atoms with Crippen molar-refractivity contribution >= 4 is 11.8 Å². The monoisotopic (exact) mass is 360 g/mol. The zero-order valence-corrected chi connectivity index (χ0v) is 17.1. The van der Waals surface area contributed by atoms with E-state index in [9.17, 15) is 9.59 Å². The Balaban J connectivity index is 3.03. The number of hydrogen-bond donors (Lipinski definition) is 0. The Morgan fingerprint density at radius 1 is 1.31 bits per heavy atom. The third kappa shape index (κ3) is 7.72. The molecule has 1 aliphatic rings. The molecule has 0 amide bonds. The van der Waals surface area contributed by atoms with Gasteiger partial charge in [-0.1, -0.05) is 45.1 Å². The maximum absolute atomic E-state index is 12.5. The Labute approximate surface area is 159 Å². The fourth-order valence-electron chi connectivity index (χ4n) is 3.63. The van der Waals surface area contributed by atoms with Crippen LogP contribution in [0.5, 0.6) is 0 Å². The standard InChI is InChI=1S/C23H36O3/c1-7-9-22-21(16(2)3)13-12-17(4)10-8-11-18(5)14-20(24)15-19(6)23(25)26-22/h7,10,16,18,21-22H,1,6,8-9,11-15H2,2-5H3/b17-10+/t18-,21?,22+/m0/s1. The van der Waals surface area contributed by atoms with Crippen molar-refractivity contribution in [1.82, 2.24) is 0 Å². The van der Waals surface area contributed by atoms with Crippen LogP contribution in [-0.2, 0) is 14.3 Å². The molecule has 3 atom stereocenters. The number of hydrogen-bond acceptors (Lipinski definition) is 3. The Morgan fingerprint density at radius 2 is 2.00 bits per heavy atom. The molecule has 0 bridgehead atoms. The summed E-state index contributed by atoms with van der Waals surface area (Å²) in [6.07, 6.45) is 9.06. The molecule has 26 heavy (non-hydrogen) atoms. The van der Waals surface area contributed by atoms with Gasteiger partial charge in [0.25, 0.3) is 0 Å². The van der Waals surface area contributed by atoms with Crippen molar-refractivity contribution in [2.45, 2.75) is 78.7 Å². The van der Waals surface area contributed by atoms with Crippen molar-refractivity contribution in [2.75, 3.05) is 0 Å². The van der Waals surface area contributed by atoms with Crippen molar-refractivity contribution in [3.05, 3.63) is 36.5 Å². The van der Waals surface area contributed by atoms with Crippen molar-refractivity contribution in [3.63, 3.8) is 0 Å². The summed E-state index contributed by atoms with van der Waals surface area (Å²) in [5, 5.41) is 0. The highest BCUT2D eigenvalue weighted by Crippen LogP contribution is 2.29. The van der Waals surface area contributed by atoms with Crippen molar-refractivity contribution in [2.24, 2.45) is 17.8 Å². The molecular formula is C23H36O3. The Kier molecular flexibility index (Phi) is 9.61. The molecule has 146 valence electrons. The van der Waals surface area contributed by atoms with Crippen LogP contribution in [0.1, 0.15) is 72.6 Å². The van der Waals surface area contributed by atoms with Gasteiger partial charge in [0.05, 0.1) is 0 Å². The summed E-state index contributed by atoms with van der Waals surface area (Å²) in [4.78, 5) is 24.7. The fraction of sp³-hybridized carbons (Fsp3) is 0.652. The van der Waals surface area contributed by atoms with Crippen LogP contribution in [0.25, 0.3) is 0 Å². The first-order chi connectivity index (χ1) is 12.2. The van der Waals surface area contributed by atoms with E-state index in [1.54, 1.807) is 6.08 Å². The maximum Gasteiger partial charge on any atom is 0.334 e. The lowest BCUT2D eigenvalue weighted by Gasteiger charge is -2.30. The zero-order chi connectivity index (χ0) is 19.7. The van der Waals surface area contributed by atoms with Crippen LogP contribution in [0.4, 0.5) is 0 Å². The molecule has 0 spiro atoms. The number of rotatable bonds is 3. The van der Waals surface area contributed by atoms with Crippen LogP contribution < -0.4 is 0 Å². The number of ether oxygens (including phenoxy) is 1. The van der Waals surface area contributed by atoms with Crippen molar-refractivity contribution < 1.29 is 14.3 Å². The molecule has 0 radical (unpaired) electrons. The predicted octanol–water partition coefficient (Wildman–Crippen LogP) is 5.81. The van der Waals surface area contributed by atoms with Gasteiger partial charge in [0, 0.05) is 24.8 Å². The molecule has 0 fully saturated rings. The lowest BCUT2D eigenvalue weighted by Crippen LogP contribution is -2.31. The Morgan fingerprint density at radius 3 is 2.62 bits per heavy atom. The molecule has 0 N–H and O–H groups in total. The molecule has 0 aromatic heterocycles. The molecule has 3 nitrogen and oxygen atoms in total. The molecule has 0 saturated heterocycles. The molecule has 3 heteroatoms. The van der Waals surface area contributed by atoms with Gasteiger partial charge in [-0.05, 0) is 50.4 Å². The predicted molar refractivity (Wildman–Crippen MR) is 108 cm³/mol. The lowest BCUT2D eigenvalue weighted by molar-refractivity contribution is -0.148. The highest BCUT2D eigenvalue weighted by Gasteiger charge is 2.28. The summed E-state index contributed by atoms with van der Waals surface area (Å²) >= 11 is 0. The average molecular weight is 361 g/mol. The van der Waals surface area contributed by atoms with E-state index in [2.05, 4.69) is 46.9 Å². The van der Waals surface area contributed by atoms with Crippen LogP contribution in [0.2, 0.25) is 0 Å². The van der Waals surface area contributed by atoms with Crippen LogP contribution in [0.3, 0.4) is 0 Å². The summed E-state index contributed by atoms with van der Waals surface area (Å²) in [5.41, 5.74) is 1.64. The number of carbonyl (C=O) groups excluding carboxylic acids is 2. The minimum atomic E-state index is -0.439. The van der Waals surface area contributed by atoms with E-state index in [0.717, 1.165) is 25.7 Å². The van der Waals surface area contributed by atoms with Gasteiger partial charge in [-0.3, -0.25) is 4.79 Å². The number of cyclic esters (lactones) is 1. The summed E-state index contributed by atoms with van der Waals surface area (Å²) < 4.78 is 5.78. The second-order valence-corrected chi connectivity index (χ2v) is 8.17. The molecule has 1 rings (SSSR count). The topological polar surface area (TPSA) is 43.4 Å². The molecule has 0 saturated carbocycles. The Bertz CT molecular complexity index is 542. The lowest BCUT2D eigenvalue weighted by atomic mass is 9.83. The van der Waals surface area contributed by atoms with E-state index in [-0.39, 0.29) is 29.8 Å². The van der Waals surface area contributed by atoms with Gasteiger partial charge in [-0.15, -0.1) is 6.58 Å². The smallest absolute Gasteiger partial charge is 0.334 e. The van der Waals surface area contributed by atoms with Gasteiger partial charge in [-0.2, -0.15) is 0 Å². The van der Waals surface area contributed by atoms with E-state index < -0.39 is 5.97 Å². The molecule has 0 aromatic carbocycles. The van der Waals surface area contributed by atoms with E-state index in [0.29, 0.717) is 24.7 Å². The molecular weight excluding hydrogens is 324 g/mol. The zero-order valence-electron chi connectivity index (χ0n) is 17.1. The van der Waals surface area contributed by atoms with E-state index in [1.807, 2.05) is 0 Å². The quantitative estimate of drug-likeness (QED) is 0.362. The normalized spacial score (nSPS) is 29.3. The van der Waals surface area contributed by atoms with E-state index >= 15 is 0 Å². The molecule has 1 unspecified atom stereocenters. The Hall–Kier alpha value is -1.64. The summed E-state index contributed by atoms with van der Waals surface area (Å²) in [7, 11) is 0. The minimum Gasteiger partial charge on any atom is -0.458 e. The third-order valence-electron chi connectivity index (χ3n) is 5.29. The van der Waals surface area contributed by atoms with Gasteiger partial charge in [0.1, 0.15) is 11.9 Å². The first-order valence-corrected chi connectivity index (χ1v) is 9.91. The molecule has 0 aliphatic carbocycles. The van der Waals surface area contributed by atoms with Gasteiger partial charge >= 0.3 is 5.97 Å². The van der Waals surface area contributed by atoms with E-state index in [1.165, 1.54) is 5.57 Å². The van der Waals surface area contributed by atoms with Gasteiger partial charge in [-0.25, -0.2) is 4.79 Å². The van der Waals surface area contributed by atoms with Gasteiger partial charge in [0.15, 0.2) is 0 Å². The van der Waals surface area contributed by atoms with Crippen molar-refractivity contribution in [3.8, 4) is 0 Å². The second-order valence-electron chi connectivity index (χ2n) is 8.17. The first kappa shape index (κ1) is 22.4. The maximum atomic E-state index is 12.5. The van der Waals surface area contributed by atoms with Crippen molar-refractivity contribution in [1.29, 1.82) is 0 Å². The SMILES string of the molecule is C=CC[C@H]1OC(=O)C(=C)CC(=O)C[C@@H](C)CC/C=C(\C)CCC1C(C)C. The summed E-state index contributed by atoms with van der Waals surface area (Å²) in [5.74, 6) is 0.595. The highest BCUT2D eigenvalue weighted by atomic mass is 16.5. The second kappa shape index (κ2) is 11.2. The number of ketones is 1. The van der Waals surface area contributed by atoms with Gasteiger partial charge < -0.3 is 4.74 Å². The minimum absolute atomic E-state index is 0.0655. The molecule has 1 heterocycles. The van der Waals surface area contributed by atoms with Crippen LogP contribution in [-0.4, -0.2) is 17.9 Å². The van der Waals surface area contributed by atoms with Gasteiger partial charge in [0.2, 0.25) is 0 Å². The number of Topliss-reactive ketones (excluding diaryl/α,β-unsaturated/α-hetero) is 1. The largest absolute Gasteiger partial charge is 0.458 e. The van der Waals surface area contributed by atoms with Crippen LogP contribution in [0, 0.1) is 17.8 Å². The average Bonchev–Trinajstić information content (AvgIpc) is 2.53. The fourth-order valence-corrected chi connectivity index (χ4v) is 3.63. The number of esters is 1. The summed E-state index contributed by atoms with van der Waals surface area (Å²) in [6.45, 7) is 16.2. The number of carbonyl (C=O) groups is 2. The van der Waals surface area contributed by atoms with Crippen LogP contribution >= 0.6 is 0 Å². The third-order valence-corrected chi connectivity index (χ3v) is 5.29. The molecule has 1 aliphatic heterocycles. The summed E-state index contributed by atoms with van der Waals surface area (Å²) in [6, 6.07) is 0. The van der Waals surface area contributed by atoms with E-state index in [4.69, 9.17) is 4.74 Å². The molecule has 0 aromatic rings.